The second kappa shape index (κ2) is 11.1. The van der Waals surface area contributed by atoms with Crippen molar-refractivity contribution in [3.63, 3.8) is 0 Å². The number of ether oxygens (including phenoxy) is 2. The Balaban J connectivity index is 1.54. The number of rotatable bonds is 8. The van der Waals surface area contributed by atoms with E-state index in [0.717, 1.165) is 16.3 Å². The molecule has 1 atom stereocenters. The predicted molar refractivity (Wildman–Crippen MR) is 139 cm³/mol. The molecule has 0 saturated carbocycles. The Labute approximate surface area is 212 Å². The number of fused-ring (bicyclic) bond motifs is 1. The summed E-state index contributed by atoms with van der Waals surface area (Å²) in [6, 6.07) is 23.8. The van der Waals surface area contributed by atoms with Gasteiger partial charge in [0.2, 0.25) is 0 Å². The fourth-order valence-corrected chi connectivity index (χ4v) is 3.63. The Morgan fingerprint density at radius 3 is 2.51 bits per heavy atom. The molecule has 0 aliphatic carbocycles. The van der Waals surface area contributed by atoms with Crippen LogP contribution in [0, 0.1) is 17.0 Å². The molecule has 4 aromatic rings. The van der Waals surface area contributed by atoms with Gasteiger partial charge in [0, 0.05) is 11.6 Å². The molecule has 0 spiro atoms. The van der Waals surface area contributed by atoms with Gasteiger partial charge in [-0.15, -0.1) is 0 Å². The molecular weight excluding hydrogens is 474 g/mol. The van der Waals surface area contributed by atoms with Crippen LogP contribution in [0.4, 0.5) is 5.69 Å². The average Bonchev–Trinajstić information content (AvgIpc) is 2.89. The highest BCUT2D eigenvalue weighted by Gasteiger charge is 2.20. The molecule has 0 fully saturated rings. The number of carbonyl (C=O) groups excluding carboxylic acids is 2. The first kappa shape index (κ1) is 25.1. The molecule has 37 heavy (non-hydrogen) atoms. The third-order valence-corrected chi connectivity index (χ3v) is 5.49. The molecule has 0 aliphatic rings. The van der Waals surface area contributed by atoms with Crippen LogP contribution in [0.2, 0.25) is 0 Å². The van der Waals surface area contributed by atoms with Crippen LogP contribution in [0.5, 0.6) is 11.5 Å². The molecule has 4 rings (SSSR count). The second-order valence-corrected chi connectivity index (χ2v) is 8.18. The van der Waals surface area contributed by atoms with Gasteiger partial charge in [-0.25, -0.2) is 10.2 Å². The molecule has 9 nitrogen and oxygen atoms in total. The average molecular weight is 498 g/mol. The summed E-state index contributed by atoms with van der Waals surface area (Å²) in [7, 11) is 0. The van der Waals surface area contributed by atoms with E-state index in [0.29, 0.717) is 11.1 Å². The zero-order chi connectivity index (χ0) is 26.4. The van der Waals surface area contributed by atoms with Gasteiger partial charge in [-0.05, 0) is 48.9 Å². The maximum Gasteiger partial charge on any atom is 0.343 e. The zero-order valence-electron chi connectivity index (χ0n) is 20.1. The van der Waals surface area contributed by atoms with E-state index in [4.69, 9.17) is 9.47 Å². The number of hydrazone groups is 1. The van der Waals surface area contributed by atoms with Crippen molar-refractivity contribution in [2.45, 2.75) is 20.0 Å². The van der Waals surface area contributed by atoms with Gasteiger partial charge in [-0.2, -0.15) is 5.10 Å². The van der Waals surface area contributed by atoms with Crippen LogP contribution in [0.15, 0.2) is 90.0 Å². The van der Waals surface area contributed by atoms with Gasteiger partial charge in [0.25, 0.3) is 5.91 Å². The lowest BCUT2D eigenvalue weighted by atomic mass is 10.0. The van der Waals surface area contributed by atoms with Crippen molar-refractivity contribution in [1.82, 2.24) is 5.43 Å². The monoisotopic (exact) mass is 497 g/mol. The van der Waals surface area contributed by atoms with Crippen LogP contribution in [0.3, 0.4) is 0 Å². The number of para-hydroxylation sites is 2. The molecule has 0 heterocycles. The van der Waals surface area contributed by atoms with Crippen LogP contribution in [-0.4, -0.2) is 29.1 Å². The third-order valence-electron chi connectivity index (χ3n) is 5.49. The van der Waals surface area contributed by atoms with E-state index in [1.165, 1.54) is 31.3 Å². The molecule has 1 amide bonds. The normalized spacial score (nSPS) is 11.7. The summed E-state index contributed by atoms with van der Waals surface area (Å²) in [4.78, 5) is 35.9. The van der Waals surface area contributed by atoms with E-state index < -0.39 is 22.9 Å². The lowest BCUT2D eigenvalue weighted by molar-refractivity contribution is -0.386. The minimum absolute atomic E-state index is 0.0291. The van der Waals surface area contributed by atoms with Crippen LogP contribution in [-0.2, 0) is 4.79 Å². The molecule has 0 unspecified atom stereocenters. The van der Waals surface area contributed by atoms with Crippen molar-refractivity contribution in [3.8, 4) is 11.5 Å². The number of nitro groups is 1. The summed E-state index contributed by atoms with van der Waals surface area (Å²) in [6.45, 7) is 3.34. The molecule has 0 saturated heterocycles. The van der Waals surface area contributed by atoms with Gasteiger partial charge in [0.15, 0.2) is 11.9 Å². The number of esters is 1. The molecule has 0 aliphatic heterocycles. The molecule has 0 radical (unpaired) electrons. The van der Waals surface area contributed by atoms with Crippen molar-refractivity contribution in [2.75, 3.05) is 0 Å². The lowest BCUT2D eigenvalue weighted by Crippen LogP contribution is -2.33. The van der Waals surface area contributed by atoms with E-state index in [-0.39, 0.29) is 17.2 Å². The number of aryl methyl sites for hydroxylation is 1. The molecule has 9 heteroatoms. The summed E-state index contributed by atoms with van der Waals surface area (Å²) in [5, 5.41) is 16.9. The van der Waals surface area contributed by atoms with E-state index >= 15 is 0 Å². The Morgan fingerprint density at radius 1 is 0.973 bits per heavy atom. The SMILES string of the molecule is Cc1cccc(C(=O)Oc2ccc3ccccc3c2/C=N\NC(=O)[C@@H](C)Oc2ccccc2[N+](=O)[O-])c1. The molecule has 0 aromatic heterocycles. The number of benzene rings is 4. The Morgan fingerprint density at radius 2 is 1.73 bits per heavy atom. The topological polar surface area (TPSA) is 120 Å². The quantitative estimate of drug-likeness (QED) is 0.118. The van der Waals surface area contributed by atoms with E-state index in [9.17, 15) is 19.7 Å². The Bertz CT molecular complexity index is 1520. The Hall–Kier alpha value is -5.05. The predicted octanol–water partition coefficient (Wildman–Crippen LogP) is 5.19. The fraction of sp³-hybridized carbons (Fsp3) is 0.107. The van der Waals surface area contributed by atoms with Gasteiger partial charge in [0.05, 0.1) is 16.7 Å². The number of hydrogen-bond donors (Lipinski definition) is 1. The molecule has 0 bridgehead atoms. The first-order chi connectivity index (χ1) is 17.8. The Kier molecular flexibility index (Phi) is 7.53. The maximum absolute atomic E-state index is 12.8. The van der Waals surface area contributed by atoms with Crippen LogP contribution in [0.1, 0.15) is 28.4 Å². The summed E-state index contributed by atoms with van der Waals surface area (Å²) in [5.41, 5.74) is 3.96. The van der Waals surface area contributed by atoms with Gasteiger partial charge in [0.1, 0.15) is 5.75 Å². The van der Waals surface area contributed by atoms with Crippen molar-refractivity contribution >= 4 is 34.6 Å². The number of amides is 1. The minimum atomic E-state index is -1.07. The summed E-state index contributed by atoms with van der Waals surface area (Å²) < 4.78 is 11.2. The number of hydrogen-bond acceptors (Lipinski definition) is 7. The summed E-state index contributed by atoms with van der Waals surface area (Å²) in [5.74, 6) is -0.900. The van der Waals surface area contributed by atoms with Crippen molar-refractivity contribution < 1.29 is 24.0 Å². The van der Waals surface area contributed by atoms with Crippen LogP contribution < -0.4 is 14.9 Å². The van der Waals surface area contributed by atoms with Gasteiger partial charge in [-0.3, -0.25) is 14.9 Å². The van der Waals surface area contributed by atoms with E-state index in [1.54, 1.807) is 30.3 Å². The smallest absolute Gasteiger partial charge is 0.343 e. The molecule has 4 aromatic carbocycles. The number of nitrogens with one attached hydrogen (secondary N) is 1. The minimum Gasteiger partial charge on any atom is -0.474 e. The zero-order valence-corrected chi connectivity index (χ0v) is 20.1. The first-order valence-electron chi connectivity index (χ1n) is 11.4. The highest BCUT2D eigenvalue weighted by molar-refractivity contribution is 6.04. The largest absolute Gasteiger partial charge is 0.474 e. The second-order valence-electron chi connectivity index (χ2n) is 8.18. The van der Waals surface area contributed by atoms with Crippen molar-refractivity contribution in [3.05, 3.63) is 112 Å². The van der Waals surface area contributed by atoms with E-state index in [2.05, 4.69) is 10.5 Å². The van der Waals surface area contributed by atoms with Gasteiger partial charge in [-0.1, -0.05) is 60.2 Å². The van der Waals surface area contributed by atoms with Crippen molar-refractivity contribution in [1.29, 1.82) is 0 Å². The lowest BCUT2D eigenvalue weighted by Gasteiger charge is -2.13. The number of nitrogens with zero attached hydrogens (tertiary/aromatic N) is 2. The van der Waals surface area contributed by atoms with Crippen LogP contribution in [0.25, 0.3) is 10.8 Å². The fourth-order valence-electron chi connectivity index (χ4n) is 3.63. The van der Waals surface area contributed by atoms with Crippen LogP contribution >= 0.6 is 0 Å². The first-order valence-corrected chi connectivity index (χ1v) is 11.4. The standard InChI is InChI=1S/C28H23N3O6/c1-18-8-7-10-21(16-18)28(33)37-25-15-14-20-9-3-4-11-22(20)23(25)17-29-30-27(32)19(2)36-26-13-6-5-12-24(26)31(34)35/h3-17,19H,1-2H3,(H,30,32)/b29-17-/t19-/m1/s1. The number of nitro benzene ring substituents is 1. The molecule has 1 N–H and O–H groups in total. The highest BCUT2D eigenvalue weighted by Crippen LogP contribution is 2.28. The summed E-state index contributed by atoms with van der Waals surface area (Å²) >= 11 is 0. The summed E-state index contributed by atoms with van der Waals surface area (Å²) in [6.07, 6.45) is 0.320. The highest BCUT2D eigenvalue weighted by atomic mass is 16.6. The van der Waals surface area contributed by atoms with Gasteiger partial charge < -0.3 is 9.47 Å². The van der Waals surface area contributed by atoms with Crippen molar-refractivity contribution in [2.24, 2.45) is 5.10 Å². The third kappa shape index (κ3) is 5.96. The van der Waals surface area contributed by atoms with E-state index in [1.807, 2.05) is 43.3 Å². The molecule has 186 valence electrons. The number of carbonyl (C=O) groups is 2. The maximum atomic E-state index is 12.8. The molecular formula is C28H23N3O6. The van der Waals surface area contributed by atoms with Gasteiger partial charge >= 0.3 is 11.7 Å².